The Balaban J connectivity index is 1.13. The van der Waals surface area contributed by atoms with Crippen molar-refractivity contribution >= 4 is 11.9 Å². The van der Waals surface area contributed by atoms with Gasteiger partial charge in [-0.05, 0) is 49.8 Å². The first-order chi connectivity index (χ1) is 16.1. The monoisotopic (exact) mass is 447 g/mol. The van der Waals surface area contributed by atoms with E-state index in [9.17, 15) is 9.59 Å². The topological polar surface area (TPSA) is 68.8 Å². The van der Waals surface area contributed by atoms with Gasteiger partial charge in [-0.3, -0.25) is 19.6 Å². The summed E-state index contributed by atoms with van der Waals surface area (Å²) in [5.41, 5.74) is 1.69. The van der Waals surface area contributed by atoms with Gasteiger partial charge < -0.3 is 10.2 Å². The minimum absolute atomic E-state index is 0.00149. The Labute approximate surface area is 195 Å². The number of amides is 3. The van der Waals surface area contributed by atoms with Gasteiger partial charge in [0.05, 0.1) is 5.69 Å². The highest BCUT2D eigenvalue weighted by molar-refractivity contribution is 6.07. The van der Waals surface area contributed by atoms with E-state index in [0.29, 0.717) is 12.8 Å². The first-order valence-electron chi connectivity index (χ1n) is 12.2. The summed E-state index contributed by atoms with van der Waals surface area (Å²) in [6.45, 7) is 5.23. The highest BCUT2D eigenvalue weighted by Gasteiger charge is 2.54. The van der Waals surface area contributed by atoms with Crippen LogP contribution in [0.25, 0.3) is 0 Å². The average molecular weight is 448 g/mol. The number of urea groups is 1. The van der Waals surface area contributed by atoms with Crippen LogP contribution in [-0.4, -0.2) is 75.9 Å². The molecule has 33 heavy (non-hydrogen) atoms. The Kier molecular flexibility index (Phi) is 6.42. The second-order valence-electron chi connectivity index (χ2n) is 9.59. The van der Waals surface area contributed by atoms with E-state index < -0.39 is 5.54 Å². The maximum absolute atomic E-state index is 13.5. The molecule has 1 aromatic carbocycles. The van der Waals surface area contributed by atoms with E-state index >= 15 is 0 Å². The van der Waals surface area contributed by atoms with Crippen molar-refractivity contribution in [2.24, 2.45) is 0 Å². The number of nitrogens with zero attached hydrogens (tertiary/aromatic N) is 4. The number of pyridine rings is 1. The molecule has 3 aliphatic heterocycles. The molecular formula is C26H33N5O2. The number of rotatable bonds is 6. The number of hydrogen-bond donors (Lipinski definition) is 1. The van der Waals surface area contributed by atoms with Gasteiger partial charge in [0, 0.05) is 51.5 Å². The zero-order valence-corrected chi connectivity index (χ0v) is 19.2. The van der Waals surface area contributed by atoms with Gasteiger partial charge in [-0.1, -0.05) is 36.4 Å². The van der Waals surface area contributed by atoms with Gasteiger partial charge >= 0.3 is 6.03 Å². The number of nitrogens with one attached hydrogen (secondary N) is 1. The van der Waals surface area contributed by atoms with Crippen molar-refractivity contribution in [3.63, 3.8) is 0 Å². The van der Waals surface area contributed by atoms with E-state index in [-0.39, 0.29) is 18.0 Å². The molecule has 174 valence electrons. The lowest BCUT2D eigenvalue weighted by molar-refractivity contribution is -0.135. The van der Waals surface area contributed by atoms with E-state index in [0.717, 1.165) is 64.2 Å². The van der Waals surface area contributed by atoms with Crippen LogP contribution < -0.4 is 5.32 Å². The molecule has 4 heterocycles. The molecule has 5 rings (SSSR count). The van der Waals surface area contributed by atoms with Crippen molar-refractivity contribution < 1.29 is 9.59 Å². The largest absolute Gasteiger partial charge is 0.325 e. The van der Waals surface area contributed by atoms with E-state index in [4.69, 9.17) is 0 Å². The molecule has 0 radical (unpaired) electrons. The fourth-order valence-corrected chi connectivity index (χ4v) is 5.46. The molecule has 1 aromatic heterocycles. The molecule has 1 spiro atoms. The highest BCUT2D eigenvalue weighted by atomic mass is 16.2. The average Bonchev–Trinajstić information content (AvgIpc) is 3.09. The van der Waals surface area contributed by atoms with Crippen molar-refractivity contribution in [2.75, 3.05) is 32.7 Å². The van der Waals surface area contributed by atoms with Crippen molar-refractivity contribution in [3.05, 3.63) is 66.0 Å². The summed E-state index contributed by atoms with van der Waals surface area (Å²) >= 11 is 0. The highest BCUT2D eigenvalue weighted by Crippen LogP contribution is 2.32. The van der Waals surface area contributed by atoms with E-state index in [1.54, 1.807) is 4.90 Å². The predicted molar refractivity (Wildman–Crippen MR) is 126 cm³/mol. The Hall–Kier alpha value is -2.77. The van der Waals surface area contributed by atoms with Gasteiger partial charge in [-0.2, -0.15) is 0 Å². The van der Waals surface area contributed by atoms with Crippen LogP contribution in [0, 0.1) is 0 Å². The zero-order valence-electron chi connectivity index (χ0n) is 19.2. The molecule has 7 heteroatoms. The first-order valence-corrected chi connectivity index (χ1v) is 12.2. The van der Waals surface area contributed by atoms with Gasteiger partial charge in [0.2, 0.25) is 0 Å². The number of piperidine rings is 2. The lowest BCUT2D eigenvalue weighted by Gasteiger charge is -2.38. The van der Waals surface area contributed by atoms with E-state index in [1.165, 1.54) is 5.56 Å². The summed E-state index contributed by atoms with van der Waals surface area (Å²) in [6.07, 6.45) is 5.87. The Bertz CT molecular complexity index is 951. The molecule has 0 unspecified atom stereocenters. The molecule has 1 N–H and O–H groups in total. The molecule has 3 saturated heterocycles. The number of carbonyl (C=O) groups is 2. The minimum Gasteiger partial charge on any atom is -0.323 e. The number of benzene rings is 1. The maximum atomic E-state index is 13.5. The second kappa shape index (κ2) is 9.61. The molecule has 3 fully saturated rings. The van der Waals surface area contributed by atoms with Crippen LogP contribution in [0.3, 0.4) is 0 Å². The molecule has 0 saturated carbocycles. The molecule has 0 atom stereocenters. The van der Waals surface area contributed by atoms with Gasteiger partial charge in [0.25, 0.3) is 5.91 Å². The van der Waals surface area contributed by atoms with E-state index in [1.807, 2.05) is 30.5 Å². The van der Waals surface area contributed by atoms with Gasteiger partial charge in [0.15, 0.2) is 0 Å². The molecule has 7 nitrogen and oxygen atoms in total. The van der Waals surface area contributed by atoms with Crippen molar-refractivity contribution in [3.8, 4) is 0 Å². The SMILES string of the molecule is O=C1NC2(CCN(CCc3ccccc3)CC2)C(=O)N1C1CCN(Cc2ccccn2)CC1. The van der Waals surface area contributed by atoms with Gasteiger partial charge in [0.1, 0.15) is 5.54 Å². The number of likely N-dealkylation sites (tertiary alicyclic amines) is 2. The Morgan fingerprint density at radius 3 is 2.33 bits per heavy atom. The Morgan fingerprint density at radius 1 is 0.909 bits per heavy atom. The number of imide groups is 1. The fourth-order valence-electron chi connectivity index (χ4n) is 5.46. The molecule has 0 aliphatic carbocycles. The minimum atomic E-state index is -0.703. The van der Waals surface area contributed by atoms with E-state index in [2.05, 4.69) is 44.4 Å². The van der Waals surface area contributed by atoms with Crippen LogP contribution in [0.1, 0.15) is 36.9 Å². The maximum Gasteiger partial charge on any atom is 0.325 e. The summed E-state index contributed by atoms with van der Waals surface area (Å²) in [6, 6.07) is 16.3. The predicted octanol–water partition coefficient (Wildman–Crippen LogP) is 2.68. The molecule has 3 aliphatic rings. The van der Waals surface area contributed by atoms with Crippen LogP contribution in [0.4, 0.5) is 4.79 Å². The standard InChI is InChI=1S/C26H33N5O2/c32-24-26(12-18-29(19-13-26)15-9-21-6-2-1-3-7-21)28-25(33)31(24)23-10-16-30(17-11-23)20-22-8-4-5-14-27-22/h1-8,14,23H,9-13,15-20H2,(H,28,33). The van der Waals surface area contributed by atoms with Crippen LogP contribution >= 0.6 is 0 Å². The number of hydrogen-bond acceptors (Lipinski definition) is 5. The molecule has 0 bridgehead atoms. The third-order valence-corrected chi connectivity index (χ3v) is 7.50. The first kappa shape index (κ1) is 22.0. The second-order valence-corrected chi connectivity index (χ2v) is 9.59. The smallest absolute Gasteiger partial charge is 0.323 e. The molecular weight excluding hydrogens is 414 g/mol. The van der Waals surface area contributed by atoms with Crippen molar-refractivity contribution in [1.82, 2.24) is 25.0 Å². The number of aromatic nitrogens is 1. The van der Waals surface area contributed by atoms with Crippen LogP contribution in [0.5, 0.6) is 0 Å². The molecule has 2 aromatic rings. The van der Waals surface area contributed by atoms with Crippen LogP contribution in [0.2, 0.25) is 0 Å². The van der Waals surface area contributed by atoms with Gasteiger partial charge in [-0.25, -0.2) is 4.79 Å². The van der Waals surface area contributed by atoms with Crippen molar-refractivity contribution in [2.45, 2.75) is 50.2 Å². The third-order valence-electron chi connectivity index (χ3n) is 7.50. The lowest BCUT2D eigenvalue weighted by Crippen LogP contribution is -2.55. The van der Waals surface area contributed by atoms with Crippen molar-refractivity contribution in [1.29, 1.82) is 0 Å². The van der Waals surface area contributed by atoms with Gasteiger partial charge in [-0.15, -0.1) is 0 Å². The summed E-state index contributed by atoms with van der Waals surface area (Å²) in [4.78, 5) is 37.1. The summed E-state index contributed by atoms with van der Waals surface area (Å²) < 4.78 is 0. The normalized spacial score (nSPS) is 22.1. The Morgan fingerprint density at radius 2 is 1.64 bits per heavy atom. The van der Waals surface area contributed by atoms with Crippen LogP contribution in [-0.2, 0) is 17.8 Å². The quantitative estimate of drug-likeness (QED) is 0.690. The third kappa shape index (κ3) is 4.80. The van der Waals surface area contributed by atoms with Crippen LogP contribution in [0.15, 0.2) is 54.7 Å². The summed E-state index contributed by atoms with van der Waals surface area (Å²) in [5.74, 6) is -0.00149. The fraction of sp³-hybridized carbons (Fsp3) is 0.500. The summed E-state index contributed by atoms with van der Waals surface area (Å²) in [5, 5.41) is 3.10. The lowest BCUT2D eigenvalue weighted by atomic mass is 9.86. The number of carbonyl (C=O) groups excluding carboxylic acids is 2. The summed E-state index contributed by atoms with van der Waals surface area (Å²) in [7, 11) is 0. The molecule has 3 amide bonds. The zero-order chi connectivity index (χ0) is 22.7.